The van der Waals surface area contributed by atoms with E-state index in [0.29, 0.717) is 23.1 Å². The molecule has 23 heavy (non-hydrogen) atoms. The minimum atomic E-state index is -0.481. The lowest BCUT2D eigenvalue weighted by Crippen LogP contribution is -2.22. The molecule has 2 N–H and O–H groups in total. The zero-order chi connectivity index (χ0) is 16.7. The number of ether oxygens (including phenoxy) is 1. The fourth-order valence-corrected chi connectivity index (χ4v) is 1.81. The third-order valence-electron chi connectivity index (χ3n) is 2.72. The van der Waals surface area contributed by atoms with E-state index in [2.05, 4.69) is 25.8 Å². The first kappa shape index (κ1) is 16.9. The SMILES string of the molecule is CN(C)CCOc1ccc(Cl)cc1NC(=O)Nc1cnncn1. The second kappa shape index (κ2) is 8.25. The third kappa shape index (κ3) is 5.68. The number of urea groups is 1. The molecule has 0 aliphatic carbocycles. The van der Waals surface area contributed by atoms with Gasteiger partial charge < -0.3 is 15.0 Å². The third-order valence-corrected chi connectivity index (χ3v) is 2.96. The van der Waals surface area contributed by atoms with Crippen LogP contribution in [0, 0.1) is 0 Å². The lowest BCUT2D eigenvalue weighted by atomic mass is 10.3. The molecule has 0 unspecified atom stereocenters. The highest BCUT2D eigenvalue weighted by molar-refractivity contribution is 6.31. The Hall–Kier alpha value is -2.45. The lowest BCUT2D eigenvalue weighted by molar-refractivity contribution is 0.258. The molecule has 0 saturated carbocycles. The first-order valence-corrected chi connectivity index (χ1v) is 7.20. The van der Waals surface area contributed by atoms with Crippen LogP contribution in [-0.4, -0.2) is 53.4 Å². The van der Waals surface area contributed by atoms with E-state index >= 15 is 0 Å². The number of amides is 2. The number of rotatable bonds is 6. The van der Waals surface area contributed by atoms with Gasteiger partial charge in [-0.05, 0) is 32.3 Å². The van der Waals surface area contributed by atoms with Crippen LogP contribution in [-0.2, 0) is 0 Å². The zero-order valence-electron chi connectivity index (χ0n) is 12.8. The summed E-state index contributed by atoms with van der Waals surface area (Å²) in [7, 11) is 3.90. The molecule has 0 spiro atoms. The highest BCUT2D eigenvalue weighted by Crippen LogP contribution is 2.28. The number of anilines is 2. The summed E-state index contributed by atoms with van der Waals surface area (Å²) in [4.78, 5) is 17.9. The van der Waals surface area contributed by atoms with Gasteiger partial charge in [0.05, 0.1) is 11.9 Å². The molecule has 0 atom stereocenters. The summed E-state index contributed by atoms with van der Waals surface area (Å²) in [6.07, 6.45) is 2.58. The van der Waals surface area contributed by atoms with Crippen LogP contribution in [0.2, 0.25) is 5.02 Å². The number of nitrogens with zero attached hydrogens (tertiary/aromatic N) is 4. The smallest absolute Gasteiger partial charge is 0.325 e. The maximum absolute atomic E-state index is 12.0. The number of nitrogens with one attached hydrogen (secondary N) is 2. The first-order valence-electron chi connectivity index (χ1n) is 6.82. The molecule has 2 amide bonds. The summed E-state index contributed by atoms with van der Waals surface area (Å²) in [5.41, 5.74) is 0.468. The van der Waals surface area contributed by atoms with Crippen molar-refractivity contribution in [3.8, 4) is 5.75 Å². The predicted molar refractivity (Wildman–Crippen MR) is 88.0 cm³/mol. The van der Waals surface area contributed by atoms with E-state index in [1.807, 2.05) is 19.0 Å². The molecule has 0 aliphatic rings. The van der Waals surface area contributed by atoms with Crippen molar-refractivity contribution in [2.75, 3.05) is 37.9 Å². The monoisotopic (exact) mass is 336 g/mol. The maximum atomic E-state index is 12.0. The van der Waals surface area contributed by atoms with Gasteiger partial charge in [0.15, 0.2) is 5.82 Å². The van der Waals surface area contributed by atoms with E-state index in [9.17, 15) is 4.79 Å². The van der Waals surface area contributed by atoms with Crippen molar-refractivity contribution >= 4 is 29.1 Å². The number of likely N-dealkylation sites (N-methyl/N-ethyl adjacent to an activating group) is 1. The number of carbonyl (C=O) groups excluding carboxylic acids is 1. The van der Waals surface area contributed by atoms with Crippen molar-refractivity contribution in [2.24, 2.45) is 0 Å². The summed E-state index contributed by atoms with van der Waals surface area (Å²) in [6, 6.07) is 4.54. The Kier molecular flexibility index (Phi) is 6.07. The summed E-state index contributed by atoms with van der Waals surface area (Å²) in [5.74, 6) is 0.821. The van der Waals surface area contributed by atoms with Crippen molar-refractivity contribution in [1.82, 2.24) is 20.1 Å². The molecule has 1 aromatic carbocycles. The molecule has 8 nitrogen and oxygen atoms in total. The van der Waals surface area contributed by atoms with Gasteiger partial charge in [-0.2, -0.15) is 5.10 Å². The number of aromatic nitrogens is 3. The van der Waals surface area contributed by atoms with Gasteiger partial charge in [-0.15, -0.1) is 5.10 Å². The van der Waals surface area contributed by atoms with Crippen molar-refractivity contribution in [1.29, 1.82) is 0 Å². The minimum Gasteiger partial charge on any atom is -0.490 e. The van der Waals surface area contributed by atoms with Crippen LogP contribution in [0.25, 0.3) is 0 Å². The van der Waals surface area contributed by atoms with Gasteiger partial charge in [-0.25, -0.2) is 9.78 Å². The van der Waals surface area contributed by atoms with E-state index in [0.717, 1.165) is 6.54 Å². The Morgan fingerprint density at radius 2 is 2.13 bits per heavy atom. The standard InChI is InChI=1S/C14H17ClN6O2/c1-21(2)5-6-23-12-4-3-10(15)7-11(12)19-14(22)20-13-8-17-18-9-16-13/h3-4,7-9H,5-6H2,1-2H3,(H2,16,18,19,20,22). The van der Waals surface area contributed by atoms with Crippen LogP contribution in [0.1, 0.15) is 0 Å². The molecule has 2 rings (SSSR count). The summed E-state index contributed by atoms with van der Waals surface area (Å²) < 4.78 is 5.67. The van der Waals surface area contributed by atoms with Gasteiger partial charge >= 0.3 is 6.03 Å². The van der Waals surface area contributed by atoms with Crippen LogP contribution in [0.5, 0.6) is 5.75 Å². The number of halogens is 1. The summed E-state index contributed by atoms with van der Waals surface area (Å²) in [5, 5.41) is 12.9. The van der Waals surface area contributed by atoms with Crippen LogP contribution >= 0.6 is 11.6 Å². The van der Waals surface area contributed by atoms with Gasteiger partial charge in [0.2, 0.25) is 0 Å². The average molecular weight is 337 g/mol. The minimum absolute atomic E-state index is 0.287. The Labute approximate surface area is 138 Å². The van der Waals surface area contributed by atoms with Crippen LogP contribution in [0.15, 0.2) is 30.7 Å². The molecule has 1 aromatic heterocycles. The summed E-state index contributed by atoms with van der Waals surface area (Å²) >= 11 is 5.98. The van der Waals surface area contributed by atoms with Crippen LogP contribution in [0.3, 0.4) is 0 Å². The Bertz CT molecular complexity index is 653. The molecule has 0 radical (unpaired) electrons. The van der Waals surface area contributed by atoms with Crippen LogP contribution < -0.4 is 15.4 Å². The van der Waals surface area contributed by atoms with Gasteiger partial charge in [-0.1, -0.05) is 11.6 Å². The number of hydrogen-bond acceptors (Lipinski definition) is 6. The van der Waals surface area contributed by atoms with E-state index in [-0.39, 0.29) is 5.82 Å². The molecule has 0 bridgehead atoms. The highest BCUT2D eigenvalue weighted by Gasteiger charge is 2.10. The van der Waals surface area contributed by atoms with Crippen molar-refractivity contribution in [3.05, 3.63) is 35.7 Å². The van der Waals surface area contributed by atoms with Crippen molar-refractivity contribution < 1.29 is 9.53 Å². The molecule has 2 aromatic rings. The fourth-order valence-electron chi connectivity index (χ4n) is 1.64. The first-order chi connectivity index (χ1) is 11.0. The molecular formula is C14H17ClN6O2. The lowest BCUT2D eigenvalue weighted by Gasteiger charge is -2.15. The van der Waals surface area contributed by atoms with E-state index in [1.54, 1.807) is 18.2 Å². The summed E-state index contributed by atoms with van der Waals surface area (Å²) in [6.45, 7) is 1.24. The number of hydrogen-bond donors (Lipinski definition) is 2. The molecule has 0 aliphatic heterocycles. The topological polar surface area (TPSA) is 92.3 Å². The maximum Gasteiger partial charge on any atom is 0.325 e. The predicted octanol–water partition coefficient (Wildman–Crippen LogP) is 2.11. The average Bonchev–Trinajstić information content (AvgIpc) is 2.50. The molecule has 1 heterocycles. The zero-order valence-corrected chi connectivity index (χ0v) is 13.5. The quantitative estimate of drug-likeness (QED) is 0.839. The second-order valence-electron chi connectivity index (χ2n) is 4.86. The molecule has 9 heteroatoms. The van der Waals surface area contributed by atoms with E-state index in [4.69, 9.17) is 16.3 Å². The normalized spacial score (nSPS) is 10.4. The Balaban J connectivity index is 2.02. The van der Waals surface area contributed by atoms with Gasteiger partial charge in [-0.3, -0.25) is 5.32 Å². The van der Waals surface area contributed by atoms with Crippen molar-refractivity contribution in [3.63, 3.8) is 0 Å². The van der Waals surface area contributed by atoms with E-state index in [1.165, 1.54) is 12.5 Å². The van der Waals surface area contributed by atoms with Gasteiger partial charge in [0.25, 0.3) is 0 Å². The molecule has 0 fully saturated rings. The Morgan fingerprint density at radius 1 is 1.30 bits per heavy atom. The van der Waals surface area contributed by atoms with Gasteiger partial charge in [0.1, 0.15) is 18.7 Å². The highest BCUT2D eigenvalue weighted by atomic mass is 35.5. The Morgan fingerprint density at radius 3 is 2.83 bits per heavy atom. The molecular weight excluding hydrogens is 320 g/mol. The van der Waals surface area contributed by atoms with Crippen LogP contribution in [0.4, 0.5) is 16.3 Å². The number of carbonyl (C=O) groups is 1. The van der Waals surface area contributed by atoms with Gasteiger partial charge in [0, 0.05) is 11.6 Å². The second-order valence-corrected chi connectivity index (χ2v) is 5.30. The van der Waals surface area contributed by atoms with Crippen molar-refractivity contribution in [2.45, 2.75) is 0 Å². The van der Waals surface area contributed by atoms with E-state index < -0.39 is 6.03 Å². The number of benzene rings is 1. The molecule has 122 valence electrons. The fraction of sp³-hybridized carbons (Fsp3) is 0.286. The molecule has 0 saturated heterocycles. The largest absolute Gasteiger partial charge is 0.490 e.